The molecule has 1 unspecified atom stereocenters. The van der Waals surface area contributed by atoms with Gasteiger partial charge in [-0.05, 0) is 29.7 Å². The lowest BCUT2D eigenvalue weighted by molar-refractivity contribution is -0.141. The Morgan fingerprint density at radius 3 is 2.59 bits per heavy atom. The third-order valence-electron chi connectivity index (χ3n) is 6.17. The summed E-state index contributed by atoms with van der Waals surface area (Å²) in [6.45, 7) is 0. The Labute approximate surface area is 181 Å². The normalized spacial score (nSPS) is 29.8. The number of rotatable bonds is 3. The Kier molecular flexibility index (Phi) is 4.32. The van der Waals surface area contributed by atoms with Crippen LogP contribution in [0.3, 0.4) is 0 Å². The zero-order chi connectivity index (χ0) is 20.2. The second kappa shape index (κ2) is 6.66. The zero-order valence-corrected chi connectivity index (χ0v) is 17.6. The average Bonchev–Trinajstić information content (AvgIpc) is 3.13. The highest BCUT2D eigenvalue weighted by molar-refractivity contribution is 9.10. The summed E-state index contributed by atoms with van der Waals surface area (Å²) >= 11 is 9.63. The second-order valence-corrected chi connectivity index (χ2v) is 8.90. The molecule has 0 saturated heterocycles. The van der Waals surface area contributed by atoms with E-state index in [0.717, 1.165) is 21.9 Å². The van der Waals surface area contributed by atoms with Gasteiger partial charge in [-0.1, -0.05) is 70.0 Å². The topological polar surface area (TPSA) is 59.4 Å². The van der Waals surface area contributed by atoms with Crippen LogP contribution < -0.4 is 4.74 Å². The first-order valence-corrected chi connectivity index (χ1v) is 10.5. The maximum absolute atomic E-state index is 12.2. The van der Waals surface area contributed by atoms with Gasteiger partial charge in [-0.25, -0.2) is 0 Å². The van der Waals surface area contributed by atoms with Crippen molar-refractivity contribution in [1.82, 2.24) is 4.98 Å². The number of ether oxygens (including phenoxy) is 1. The van der Waals surface area contributed by atoms with Crippen molar-refractivity contribution in [2.45, 2.75) is 23.5 Å². The van der Waals surface area contributed by atoms with Crippen molar-refractivity contribution in [3.8, 4) is 5.75 Å². The molecule has 3 aromatic rings. The number of fused-ring (bicyclic) bond motifs is 3. The molecule has 1 N–H and O–H groups in total. The largest absolute Gasteiger partial charge is 0.476 e. The van der Waals surface area contributed by atoms with Crippen molar-refractivity contribution in [2.24, 2.45) is 5.92 Å². The summed E-state index contributed by atoms with van der Waals surface area (Å²) in [4.78, 5) is 16.6. The summed E-state index contributed by atoms with van der Waals surface area (Å²) in [5, 5.41) is 12.6. The highest BCUT2D eigenvalue weighted by atomic mass is 79.9. The predicted octanol–water partition coefficient (Wildman–Crippen LogP) is 4.98. The summed E-state index contributed by atoms with van der Waals surface area (Å²) in [5.74, 6) is -0.514. The van der Waals surface area contributed by atoms with Crippen LogP contribution in [-0.2, 0) is 16.0 Å². The van der Waals surface area contributed by atoms with Crippen LogP contribution in [0.1, 0.15) is 29.2 Å². The molecule has 2 aromatic carbocycles. The van der Waals surface area contributed by atoms with Crippen molar-refractivity contribution in [2.75, 3.05) is 0 Å². The number of carbonyl (C=O) groups is 1. The monoisotopic (exact) mass is 469 g/mol. The Bertz CT molecular complexity index is 1090. The fourth-order valence-corrected chi connectivity index (χ4v) is 5.39. The summed E-state index contributed by atoms with van der Waals surface area (Å²) in [6.07, 6.45) is 2.76. The van der Waals surface area contributed by atoms with Gasteiger partial charge in [0.15, 0.2) is 11.2 Å². The Balaban J connectivity index is 1.82. The van der Waals surface area contributed by atoms with Gasteiger partial charge in [0.05, 0.1) is 10.9 Å². The second-order valence-electron chi connectivity index (χ2n) is 7.55. The lowest BCUT2D eigenvalue weighted by atomic mass is 9.71. The molecule has 1 aliphatic heterocycles. The number of aliphatic hydroxyl groups is 1. The van der Waals surface area contributed by atoms with Gasteiger partial charge >= 0.3 is 0 Å². The summed E-state index contributed by atoms with van der Waals surface area (Å²) in [7, 11) is 0. The maximum atomic E-state index is 12.2. The molecule has 0 spiro atoms. The summed E-state index contributed by atoms with van der Waals surface area (Å²) in [5.41, 5.74) is -0.656. The van der Waals surface area contributed by atoms with Gasteiger partial charge in [0, 0.05) is 22.7 Å². The molecule has 4 atom stereocenters. The van der Waals surface area contributed by atoms with Crippen LogP contribution in [0.15, 0.2) is 71.3 Å². The molecule has 29 heavy (non-hydrogen) atoms. The summed E-state index contributed by atoms with van der Waals surface area (Å²) < 4.78 is 7.47. The molecule has 4 nitrogen and oxygen atoms in total. The van der Waals surface area contributed by atoms with Crippen LogP contribution >= 0.6 is 27.5 Å². The lowest BCUT2D eigenvalue weighted by Gasteiger charge is -2.40. The molecule has 0 amide bonds. The maximum Gasteiger partial charge on any atom is 0.176 e. The first-order chi connectivity index (χ1) is 14.0. The molecule has 5 rings (SSSR count). The van der Waals surface area contributed by atoms with E-state index in [2.05, 4.69) is 20.9 Å². The van der Waals surface area contributed by atoms with Gasteiger partial charge in [-0.3, -0.25) is 4.98 Å². The van der Waals surface area contributed by atoms with E-state index in [1.807, 2.05) is 54.6 Å². The Hall–Kier alpha value is -2.21. The standard InChI is InChI=1S/C23H17BrClNO3/c24-17-8-6-15(7-9-17)23-19(14-4-2-1-3-5-14)10-16(13-27)22(23,28)21-20(29-23)11-18(25)12-26-21/h1-9,11-13,16,19,28H,10H2/t16?,19-,22+,23-/m0/s1. The van der Waals surface area contributed by atoms with Crippen LogP contribution in [0.4, 0.5) is 0 Å². The lowest BCUT2D eigenvalue weighted by Crippen LogP contribution is -2.51. The number of hydrogen-bond acceptors (Lipinski definition) is 4. The van der Waals surface area contributed by atoms with Gasteiger partial charge in [0.2, 0.25) is 0 Å². The number of aldehydes is 1. The molecule has 0 bridgehead atoms. The fourth-order valence-electron chi connectivity index (χ4n) is 4.98. The Morgan fingerprint density at radius 1 is 1.17 bits per heavy atom. The van der Waals surface area contributed by atoms with E-state index in [-0.39, 0.29) is 5.92 Å². The van der Waals surface area contributed by atoms with Gasteiger partial charge in [0.1, 0.15) is 17.7 Å². The van der Waals surface area contributed by atoms with Gasteiger partial charge in [-0.15, -0.1) is 0 Å². The van der Waals surface area contributed by atoms with Gasteiger partial charge in [0.25, 0.3) is 0 Å². The van der Waals surface area contributed by atoms with E-state index in [1.54, 1.807) is 6.07 Å². The highest BCUT2D eigenvalue weighted by Crippen LogP contribution is 2.67. The number of nitrogens with zero attached hydrogens (tertiary/aromatic N) is 1. The average molecular weight is 471 g/mol. The van der Waals surface area contributed by atoms with Crippen molar-refractivity contribution < 1.29 is 14.6 Å². The first-order valence-electron chi connectivity index (χ1n) is 9.34. The first kappa shape index (κ1) is 18.8. The van der Waals surface area contributed by atoms with Gasteiger partial charge < -0.3 is 14.6 Å². The molecular formula is C23H17BrClNO3. The highest BCUT2D eigenvalue weighted by Gasteiger charge is 2.73. The van der Waals surface area contributed by atoms with Crippen molar-refractivity contribution in [3.05, 3.63) is 93.2 Å². The van der Waals surface area contributed by atoms with Crippen LogP contribution in [0.2, 0.25) is 5.02 Å². The molecule has 2 aliphatic rings. The molecule has 1 saturated carbocycles. The predicted molar refractivity (Wildman–Crippen MR) is 113 cm³/mol. The number of hydrogen-bond donors (Lipinski definition) is 1. The minimum Gasteiger partial charge on any atom is -0.476 e. The van der Waals surface area contributed by atoms with Crippen molar-refractivity contribution in [3.63, 3.8) is 0 Å². The smallest absolute Gasteiger partial charge is 0.176 e. The molecular weight excluding hydrogens is 454 g/mol. The Morgan fingerprint density at radius 2 is 1.90 bits per heavy atom. The van der Waals surface area contributed by atoms with Crippen LogP contribution in [0.25, 0.3) is 0 Å². The molecule has 6 heteroatoms. The van der Waals surface area contributed by atoms with E-state index in [9.17, 15) is 9.90 Å². The quantitative estimate of drug-likeness (QED) is 0.549. The number of carbonyl (C=O) groups excluding carboxylic acids is 1. The number of aromatic nitrogens is 1. The van der Waals surface area contributed by atoms with E-state index in [1.165, 1.54) is 6.20 Å². The van der Waals surface area contributed by atoms with E-state index >= 15 is 0 Å². The third-order valence-corrected chi connectivity index (χ3v) is 6.91. The minimum absolute atomic E-state index is 0.252. The summed E-state index contributed by atoms with van der Waals surface area (Å²) in [6, 6.07) is 19.2. The van der Waals surface area contributed by atoms with Crippen molar-refractivity contribution in [1.29, 1.82) is 0 Å². The van der Waals surface area contributed by atoms with E-state index < -0.39 is 17.1 Å². The van der Waals surface area contributed by atoms with Crippen molar-refractivity contribution >= 4 is 33.8 Å². The van der Waals surface area contributed by atoms with Crippen LogP contribution in [-0.4, -0.2) is 16.4 Å². The molecule has 0 radical (unpaired) electrons. The molecule has 1 fully saturated rings. The van der Waals surface area contributed by atoms with E-state index in [0.29, 0.717) is 22.9 Å². The molecule has 1 aromatic heterocycles. The number of benzene rings is 2. The fraction of sp³-hybridized carbons (Fsp3) is 0.217. The number of pyridine rings is 1. The minimum atomic E-state index is -1.61. The van der Waals surface area contributed by atoms with Crippen LogP contribution in [0, 0.1) is 5.92 Å². The zero-order valence-electron chi connectivity index (χ0n) is 15.3. The number of halogens is 2. The third kappa shape index (κ3) is 2.48. The molecule has 1 aliphatic carbocycles. The molecule has 146 valence electrons. The van der Waals surface area contributed by atoms with E-state index in [4.69, 9.17) is 16.3 Å². The van der Waals surface area contributed by atoms with Crippen LogP contribution in [0.5, 0.6) is 5.75 Å². The molecule has 2 heterocycles. The van der Waals surface area contributed by atoms with Gasteiger partial charge in [-0.2, -0.15) is 0 Å². The SMILES string of the molecule is O=CC1C[C@@H](c2ccccc2)[C@]2(c3ccc(Br)cc3)Oc3cc(Cl)cnc3[C@]12O.